The maximum atomic E-state index is 13.0. The molecule has 5 rings (SSSR count). The standard InChI is InChI=1S/C27H27F3N10O3S/c1-44(42,43)39-12-10-38(11-13-39)15-21-20(6-8-31)23(24-25(32)34-16-35-40(21)24)17-2-4-19(5-3-17)36-26(41)37-22-14-18(7-9-33-22)27(28,29)30/h2-5,7,9,14,16H,6,10-13,15H2,1H3,(H2,32,34,35)(H2,33,36,37,41). The summed E-state index contributed by atoms with van der Waals surface area (Å²) in [5.74, 6) is -0.0754. The van der Waals surface area contributed by atoms with Gasteiger partial charge in [-0.15, -0.1) is 0 Å². The van der Waals surface area contributed by atoms with Crippen molar-refractivity contribution >= 4 is 38.9 Å². The number of carbonyl (C=O) groups excluding carboxylic acids is 1. The lowest BCUT2D eigenvalue weighted by atomic mass is 9.98. The summed E-state index contributed by atoms with van der Waals surface area (Å²) in [5.41, 5.74) is 8.88. The highest BCUT2D eigenvalue weighted by molar-refractivity contribution is 7.88. The molecule has 1 aliphatic heterocycles. The van der Waals surface area contributed by atoms with Gasteiger partial charge in [0, 0.05) is 50.2 Å². The predicted molar refractivity (Wildman–Crippen MR) is 156 cm³/mol. The Morgan fingerprint density at radius 3 is 2.43 bits per heavy atom. The van der Waals surface area contributed by atoms with Crippen molar-refractivity contribution in [3.05, 3.63) is 65.7 Å². The van der Waals surface area contributed by atoms with Crippen LogP contribution in [0.2, 0.25) is 0 Å². The molecule has 0 spiro atoms. The van der Waals surface area contributed by atoms with Gasteiger partial charge in [-0.05, 0) is 35.4 Å². The highest BCUT2D eigenvalue weighted by Crippen LogP contribution is 2.37. The number of nitrogens with two attached hydrogens (primary N) is 1. The van der Waals surface area contributed by atoms with Gasteiger partial charge in [0.25, 0.3) is 0 Å². The van der Waals surface area contributed by atoms with Crippen LogP contribution in [0.15, 0.2) is 48.9 Å². The Bertz CT molecular complexity index is 1850. The van der Waals surface area contributed by atoms with Crippen LogP contribution in [0, 0.1) is 11.3 Å². The van der Waals surface area contributed by atoms with E-state index in [-0.39, 0.29) is 18.1 Å². The number of halogens is 3. The van der Waals surface area contributed by atoms with Crippen LogP contribution < -0.4 is 16.4 Å². The van der Waals surface area contributed by atoms with E-state index in [1.807, 2.05) is 0 Å². The predicted octanol–water partition coefficient (Wildman–Crippen LogP) is 3.18. The quantitative estimate of drug-likeness (QED) is 0.278. The molecule has 4 aromatic rings. The molecule has 0 atom stereocenters. The molecule has 2 amide bonds. The van der Waals surface area contributed by atoms with Crippen molar-refractivity contribution in [3.8, 4) is 17.2 Å². The number of benzene rings is 1. The average Bonchev–Trinajstić information content (AvgIpc) is 3.27. The van der Waals surface area contributed by atoms with E-state index in [9.17, 15) is 31.6 Å². The monoisotopic (exact) mass is 628 g/mol. The Labute approximate surface area is 250 Å². The molecule has 44 heavy (non-hydrogen) atoms. The van der Waals surface area contributed by atoms with Crippen LogP contribution in [0.5, 0.6) is 0 Å². The number of anilines is 3. The van der Waals surface area contributed by atoms with E-state index in [0.717, 1.165) is 18.3 Å². The number of urea groups is 1. The van der Waals surface area contributed by atoms with Gasteiger partial charge in [-0.2, -0.15) is 27.8 Å². The normalized spacial score (nSPS) is 14.8. The van der Waals surface area contributed by atoms with Crippen LogP contribution in [0.3, 0.4) is 0 Å². The average molecular weight is 629 g/mol. The molecular weight excluding hydrogens is 601 g/mol. The lowest BCUT2D eigenvalue weighted by Crippen LogP contribution is -2.48. The maximum Gasteiger partial charge on any atom is 0.416 e. The van der Waals surface area contributed by atoms with Crippen LogP contribution in [-0.2, 0) is 29.2 Å². The molecule has 0 aliphatic carbocycles. The third kappa shape index (κ3) is 6.56. The number of pyridine rings is 1. The number of aromatic nitrogens is 4. The number of piperazine rings is 1. The number of hydrogen-bond donors (Lipinski definition) is 3. The summed E-state index contributed by atoms with van der Waals surface area (Å²) in [6.07, 6.45) is -1.10. The van der Waals surface area contributed by atoms with Crippen LogP contribution >= 0.6 is 0 Å². The van der Waals surface area contributed by atoms with Crippen molar-refractivity contribution in [2.75, 3.05) is 48.8 Å². The number of rotatable bonds is 7. The fraction of sp³-hybridized carbons (Fsp3) is 0.296. The maximum absolute atomic E-state index is 13.0. The van der Waals surface area contributed by atoms with Gasteiger partial charge in [0.05, 0.1) is 30.0 Å². The number of nitrogen functional groups attached to an aromatic ring is 1. The molecule has 0 saturated carbocycles. The zero-order valence-electron chi connectivity index (χ0n) is 23.3. The molecular formula is C27H27F3N10O3S. The minimum atomic E-state index is -4.58. The van der Waals surface area contributed by atoms with Crippen LogP contribution in [0.4, 0.5) is 35.3 Å². The first-order chi connectivity index (χ1) is 20.8. The van der Waals surface area contributed by atoms with Crippen molar-refractivity contribution in [2.45, 2.75) is 19.1 Å². The number of nitriles is 1. The highest BCUT2D eigenvalue weighted by Gasteiger charge is 2.31. The lowest BCUT2D eigenvalue weighted by molar-refractivity contribution is -0.137. The molecule has 0 radical (unpaired) electrons. The lowest BCUT2D eigenvalue weighted by Gasteiger charge is -2.33. The number of fused-ring (bicyclic) bond motifs is 1. The van der Waals surface area contributed by atoms with Crippen LogP contribution in [0.1, 0.15) is 16.8 Å². The fourth-order valence-corrected chi connectivity index (χ4v) is 5.90. The largest absolute Gasteiger partial charge is 0.416 e. The van der Waals surface area contributed by atoms with Crippen molar-refractivity contribution in [3.63, 3.8) is 0 Å². The second-order valence-electron chi connectivity index (χ2n) is 10.1. The Morgan fingerprint density at radius 1 is 1.09 bits per heavy atom. The van der Waals surface area contributed by atoms with E-state index in [4.69, 9.17) is 5.73 Å². The van der Waals surface area contributed by atoms with Gasteiger partial charge in [0.1, 0.15) is 17.7 Å². The van der Waals surface area contributed by atoms with Crippen molar-refractivity contribution in [1.82, 2.24) is 28.8 Å². The Morgan fingerprint density at radius 2 is 1.80 bits per heavy atom. The summed E-state index contributed by atoms with van der Waals surface area (Å²) >= 11 is 0. The first-order valence-corrected chi connectivity index (χ1v) is 15.1. The number of nitrogens with zero attached hydrogens (tertiary/aromatic N) is 7. The molecule has 0 unspecified atom stereocenters. The Balaban J connectivity index is 1.40. The molecule has 1 saturated heterocycles. The van der Waals surface area contributed by atoms with E-state index in [1.54, 1.807) is 28.8 Å². The zero-order chi connectivity index (χ0) is 31.6. The van der Waals surface area contributed by atoms with E-state index < -0.39 is 27.8 Å². The summed E-state index contributed by atoms with van der Waals surface area (Å²) in [7, 11) is -3.30. The van der Waals surface area contributed by atoms with E-state index in [2.05, 4.69) is 36.7 Å². The molecule has 1 aliphatic rings. The van der Waals surface area contributed by atoms with Gasteiger partial charge < -0.3 is 11.1 Å². The molecule has 230 valence electrons. The number of hydrogen-bond acceptors (Lipinski definition) is 9. The van der Waals surface area contributed by atoms with E-state index in [0.29, 0.717) is 66.3 Å². The first-order valence-electron chi connectivity index (χ1n) is 13.2. The number of amides is 2. The second kappa shape index (κ2) is 12.1. The first kappa shape index (κ1) is 30.7. The summed E-state index contributed by atoms with van der Waals surface area (Å²) in [6.45, 7) is 2.04. The van der Waals surface area contributed by atoms with Crippen molar-refractivity contribution in [1.29, 1.82) is 5.26 Å². The molecule has 1 fully saturated rings. The summed E-state index contributed by atoms with van der Waals surface area (Å²) in [6, 6.07) is 9.54. The van der Waals surface area contributed by atoms with Gasteiger partial charge in [0.2, 0.25) is 10.0 Å². The smallest absolute Gasteiger partial charge is 0.382 e. The molecule has 13 nitrogen and oxygen atoms in total. The number of nitrogens with one attached hydrogen (secondary N) is 2. The SMILES string of the molecule is CS(=O)(=O)N1CCN(Cc2c(CC#N)c(-c3ccc(NC(=O)Nc4cc(C(F)(F)F)ccn4)cc3)c3c(N)ncnn23)CC1. The van der Waals surface area contributed by atoms with Crippen LogP contribution in [0.25, 0.3) is 16.6 Å². The van der Waals surface area contributed by atoms with Gasteiger partial charge in [0.15, 0.2) is 5.82 Å². The zero-order valence-corrected chi connectivity index (χ0v) is 24.2. The summed E-state index contributed by atoms with van der Waals surface area (Å²) in [4.78, 5) is 22.4. The van der Waals surface area contributed by atoms with Crippen LogP contribution in [-0.4, -0.2) is 75.7 Å². The molecule has 4 N–H and O–H groups in total. The molecule has 0 bridgehead atoms. The molecule has 1 aromatic carbocycles. The molecule has 4 heterocycles. The molecule has 17 heteroatoms. The van der Waals surface area contributed by atoms with Crippen molar-refractivity contribution in [2.24, 2.45) is 0 Å². The summed E-state index contributed by atoms with van der Waals surface area (Å²) < 4.78 is 65.9. The Kier molecular flexibility index (Phi) is 8.41. The fourth-order valence-electron chi connectivity index (χ4n) is 5.07. The van der Waals surface area contributed by atoms with Gasteiger partial charge in [-0.1, -0.05) is 12.1 Å². The van der Waals surface area contributed by atoms with Gasteiger partial charge in [-0.3, -0.25) is 10.2 Å². The topological polar surface area (TPSA) is 175 Å². The van der Waals surface area contributed by atoms with E-state index in [1.165, 1.54) is 16.9 Å². The highest BCUT2D eigenvalue weighted by atomic mass is 32.2. The molecule has 3 aromatic heterocycles. The Hall–Kier alpha value is -4.79. The number of alkyl halides is 3. The van der Waals surface area contributed by atoms with Gasteiger partial charge >= 0.3 is 12.2 Å². The van der Waals surface area contributed by atoms with Gasteiger partial charge in [-0.25, -0.2) is 27.7 Å². The van der Waals surface area contributed by atoms with Crippen molar-refractivity contribution < 1.29 is 26.4 Å². The second-order valence-corrected chi connectivity index (χ2v) is 12.0. The third-order valence-corrected chi connectivity index (χ3v) is 8.45. The summed E-state index contributed by atoms with van der Waals surface area (Å²) in [5, 5.41) is 19.0. The van der Waals surface area contributed by atoms with E-state index >= 15 is 0 Å². The minimum Gasteiger partial charge on any atom is -0.382 e. The number of carbonyl (C=O) groups is 1. The minimum absolute atomic E-state index is 0.0309. The third-order valence-electron chi connectivity index (χ3n) is 7.15. The number of sulfonamides is 1.